The molecule has 0 fully saturated rings. The summed E-state index contributed by atoms with van der Waals surface area (Å²) in [6.45, 7) is 0.581. The standard InChI is InChI=1S/C18H20N4O2S/c19-8-2-1-4-17-14-20-9-3-11-22(17)25(23,24)18-6-5-16-13-21-10-7-15(16)12-18/h3,5-7,9-14H,1-2,4,8,19H2. The maximum Gasteiger partial charge on any atom is 0.267 e. The van der Waals surface area contributed by atoms with E-state index >= 15 is 0 Å². The van der Waals surface area contributed by atoms with Gasteiger partial charge in [0.05, 0.1) is 10.6 Å². The number of fused-ring (bicyclic) bond motifs is 1. The molecule has 0 aliphatic carbocycles. The zero-order valence-corrected chi connectivity index (χ0v) is 14.6. The summed E-state index contributed by atoms with van der Waals surface area (Å²) in [6.07, 6.45) is 11.9. The molecule has 0 unspecified atom stereocenters. The minimum absolute atomic E-state index is 0.238. The molecule has 0 radical (unpaired) electrons. The molecule has 6 nitrogen and oxygen atoms in total. The van der Waals surface area contributed by atoms with Gasteiger partial charge in [0, 0.05) is 36.4 Å². The second-order valence-corrected chi connectivity index (χ2v) is 7.51. The van der Waals surface area contributed by atoms with E-state index in [4.69, 9.17) is 5.73 Å². The SMILES string of the molecule is NCCCCC1=CN=CC=CN1S(=O)(=O)c1ccc2cnccc2c1. The zero-order chi connectivity index (χ0) is 17.7. The lowest BCUT2D eigenvalue weighted by Crippen LogP contribution is -2.25. The maximum absolute atomic E-state index is 13.2. The first-order chi connectivity index (χ1) is 12.1. The number of nitrogens with zero attached hydrogens (tertiary/aromatic N) is 3. The van der Waals surface area contributed by atoms with Crippen molar-refractivity contribution in [3.63, 3.8) is 0 Å². The molecular formula is C18H20N4O2S. The summed E-state index contributed by atoms with van der Waals surface area (Å²) in [4.78, 5) is 8.41. The van der Waals surface area contributed by atoms with E-state index in [9.17, 15) is 8.42 Å². The summed E-state index contributed by atoms with van der Waals surface area (Å²) in [6, 6.07) is 6.85. The molecule has 0 bridgehead atoms. The third-order valence-corrected chi connectivity index (χ3v) is 5.68. The van der Waals surface area contributed by atoms with E-state index < -0.39 is 10.0 Å². The lowest BCUT2D eigenvalue weighted by atomic mass is 10.2. The Morgan fingerprint density at radius 3 is 2.84 bits per heavy atom. The van der Waals surface area contributed by atoms with Crippen LogP contribution in [-0.4, -0.2) is 30.5 Å². The van der Waals surface area contributed by atoms with Crippen LogP contribution in [-0.2, 0) is 10.0 Å². The molecule has 1 aromatic heterocycles. The van der Waals surface area contributed by atoms with E-state index in [1.807, 2.05) is 0 Å². The molecule has 0 spiro atoms. The number of aliphatic imine (C=N–C) groups is 1. The number of sulfonamides is 1. The lowest BCUT2D eigenvalue weighted by Gasteiger charge is -2.22. The van der Waals surface area contributed by atoms with Gasteiger partial charge in [0.1, 0.15) is 0 Å². The van der Waals surface area contributed by atoms with Gasteiger partial charge >= 0.3 is 0 Å². The minimum atomic E-state index is -3.72. The van der Waals surface area contributed by atoms with Crippen molar-refractivity contribution in [3.05, 3.63) is 60.8 Å². The quantitative estimate of drug-likeness (QED) is 0.806. The molecule has 1 aliphatic heterocycles. The summed E-state index contributed by atoms with van der Waals surface area (Å²) in [5.74, 6) is 0. The van der Waals surface area contributed by atoms with Crippen LogP contribution in [0.5, 0.6) is 0 Å². The Morgan fingerprint density at radius 1 is 1.12 bits per heavy atom. The van der Waals surface area contributed by atoms with Gasteiger partial charge in [0.25, 0.3) is 10.0 Å². The molecule has 1 aliphatic rings. The number of unbranched alkanes of at least 4 members (excludes halogenated alkanes) is 1. The first kappa shape index (κ1) is 17.3. The van der Waals surface area contributed by atoms with Crippen molar-refractivity contribution in [3.8, 4) is 0 Å². The van der Waals surface area contributed by atoms with Crippen LogP contribution in [0, 0.1) is 0 Å². The molecule has 2 heterocycles. The van der Waals surface area contributed by atoms with Gasteiger partial charge in [-0.15, -0.1) is 0 Å². The van der Waals surface area contributed by atoms with Crippen LogP contribution in [0.1, 0.15) is 19.3 Å². The van der Waals surface area contributed by atoms with Gasteiger partial charge < -0.3 is 5.73 Å². The van der Waals surface area contributed by atoms with Gasteiger partial charge in [-0.05, 0) is 55.5 Å². The molecular weight excluding hydrogens is 336 g/mol. The maximum atomic E-state index is 13.2. The highest BCUT2D eigenvalue weighted by atomic mass is 32.2. The van der Waals surface area contributed by atoms with E-state index in [0.29, 0.717) is 18.7 Å². The van der Waals surface area contributed by atoms with Crippen molar-refractivity contribution in [1.82, 2.24) is 9.29 Å². The number of nitrogens with two attached hydrogens (primary N) is 1. The minimum Gasteiger partial charge on any atom is -0.330 e. The first-order valence-corrected chi connectivity index (χ1v) is 9.54. The molecule has 0 amide bonds. The number of aromatic nitrogens is 1. The largest absolute Gasteiger partial charge is 0.330 e. The second-order valence-electron chi connectivity index (χ2n) is 5.69. The number of benzene rings is 1. The van der Waals surface area contributed by atoms with Gasteiger partial charge in [-0.2, -0.15) is 0 Å². The predicted octanol–water partition coefficient (Wildman–Crippen LogP) is 2.79. The fourth-order valence-electron chi connectivity index (χ4n) is 2.64. The number of allylic oxidation sites excluding steroid dienone is 2. The van der Waals surface area contributed by atoms with Crippen LogP contribution in [0.4, 0.5) is 0 Å². The van der Waals surface area contributed by atoms with Gasteiger partial charge in [-0.3, -0.25) is 9.98 Å². The number of hydrogen-bond acceptors (Lipinski definition) is 5. The van der Waals surface area contributed by atoms with Gasteiger partial charge in [0.2, 0.25) is 0 Å². The first-order valence-electron chi connectivity index (χ1n) is 8.10. The fraction of sp³-hybridized carbons (Fsp3) is 0.222. The van der Waals surface area contributed by atoms with Crippen LogP contribution in [0.25, 0.3) is 10.8 Å². The Morgan fingerprint density at radius 2 is 2.00 bits per heavy atom. The van der Waals surface area contributed by atoms with Crippen molar-refractivity contribution in [1.29, 1.82) is 0 Å². The summed E-state index contributed by atoms with van der Waals surface area (Å²) in [5.41, 5.74) is 6.17. The third-order valence-electron chi connectivity index (χ3n) is 3.96. The normalized spacial score (nSPS) is 14.6. The van der Waals surface area contributed by atoms with Gasteiger partial charge in [-0.25, -0.2) is 12.7 Å². The monoisotopic (exact) mass is 356 g/mol. The molecule has 0 atom stereocenters. The van der Waals surface area contributed by atoms with Crippen molar-refractivity contribution >= 4 is 27.0 Å². The van der Waals surface area contributed by atoms with Crippen molar-refractivity contribution in [2.75, 3.05) is 6.54 Å². The van der Waals surface area contributed by atoms with Crippen LogP contribution in [0.3, 0.4) is 0 Å². The molecule has 25 heavy (non-hydrogen) atoms. The highest BCUT2D eigenvalue weighted by Gasteiger charge is 2.25. The molecule has 2 aromatic rings. The summed E-state index contributed by atoms with van der Waals surface area (Å²) in [7, 11) is -3.72. The second kappa shape index (κ2) is 7.58. The number of pyridine rings is 1. The molecule has 7 heteroatoms. The highest BCUT2D eigenvalue weighted by molar-refractivity contribution is 7.89. The van der Waals surface area contributed by atoms with Crippen LogP contribution >= 0.6 is 0 Å². The van der Waals surface area contributed by atoms with Crippen LogP contribution in [0.15, 0.2) is 70.7 Å². The van der Waals surface area contributed by atoms with Crippen molar-refractivity contribution in [2.45, 2.75) is 24.2 Å². The third kappa shape index (κ3) is 3.78. The summed E-state index contributed by atoms with van der Waals surface area (Å²) >= 11 is 0. The van der Waals surface area contributed by atoms with E-state index in [1.165, 1.54) is 10.5 Å². The topological polar surface area (TPSA) is 88.6 Å². The van der Waals surface area contributed by atoms with E-state index in [2.05, 4.69) is 9.98 Å². The smallest absolute Gasteiger partial charge is 0.267 e. The van der Waals surface area contributed by atoms with E-state index in [0.717, 1.165) is 23.6 Å². The van der Waals surface area contributed by atoms with Crippen LogP contribution < -0.4 is 5.73 Å². The molecule has 0 saturated heterocycles. The van der Waals surface area contributed by atoms with Gasteiger partial charge in [-0.1, -0.05) is 6.07 Å². The zero-order valence-electron chi connectivity index (χ0n) is 13.7. The van der Waals surface area contributed by atoms with Crippen molar-refractivity contribution in [2.24, 2.45) is 10.7 Å². The number of hydrogen-bond donors (Lipinski definition) is 1. The summed E-state index contributed by atoms with van der Waals surface area (Å²) < 4.78 is 27.6. The number of rotatable bonds is 6. The predicted molar refractivity (Wildman–Crippen MR) is 99.4 cm³/mol. The van der Waals surface area contributed by atoms with E-state index in [1.54, 1.807) is 55.1 Å². The molecule has 2 N–H and O–H groups in total. The molecule has 130 valence electrons. The van der Waals surface area contributed by atoms with Crippen LogP contribution in [0.2, 0.25) is 0 Å². The fourth-order valence-corrected chi connectivity index (χ4v) is 4.06. The van der Waals surface area contributed by atoms with Crippen molar-refractivity contribution < 1.29 is 8.42 Å². The molecule has 1 aromatic carbocycles. The average Bonchev–Trinajstić information content (AvgIpc) is 2.87. The molecule has 0 saturated carbocycles. The van der Waals surface area contributed by atoms with Gasteiger partial charge in [0.15, 0.2) is 0 Å². The lowest BCUT2D eigenvalue weighted by molar-refractivity contribution is 0.527. The van der Waals surface area contributed by atoms with E-state index in [-0.39, 0.29) is 4.90 Å². The Hall–Kier alpha value is -2.51. The average molecular weight is 356 g/mol. The Bertz CT molecular complexity index is 948. The summed E-state index contributed by atoms with van der Waals surface area (Å²) in [5, 5.41) is 1.73. The molecule has 3 rings (SSSR count). The highest BCUT2D eigenvalue weighted by Crippen LogP contribution is 2.27. The Labute approximate surface area is 147 Å². The Balaban J connectivity index is 1.97. The Kier molecular flexibility index (Phi) is 5.25.